The summed E-state index contributed by atoms with van der Waals surface area (Å²) in [5.74, 6) is 0.531. The van der Waals surface area contributed by atoms with E-state index in [9.17, 15) is 18.4 Å². The van der Waals surface area contributed by atoms with Gasteiger partial charge in [0.25, 0.3) is 0 Å². The molecule has 0 spiro atoms. The zero-order valence-electron chi connectivity index (χ0n) is 32.9. The third-order valence-corrected chi connectivity index (χ3v) is 10.8. The molecule has 3 heterocycles. The lowest BCUT2D eigenvalue weighted by molar-refractivity contribution is -0.115. The van der Waals surface area contributed by atoms with E-state index in [2.05, 4.69) is 77.9 Å². The number of hydrogen-bond acceptors (Lipinski definition) is 7. The Morgan fingerprint density at radius 1 is 0.932 bits per heavy atom. The largest absolute Gasteiger partial charge is 0.364 e. The Labute approximate surface area is 347 Å². The van der Waals surface area contributed by atoms with Crippen LogP contribution in [0.15, 0.2) is 108 Å². The first-order valence-corrected chi connectivity index (χ1v) is 19.8. The maximum absolute atomic E-state index is 14.3. The number of hydrogen-bond donors (Lipinski definition) is 5. The molecule has 59 heavy (non-hydrogen) atoms. The van der Waals surface area contributed by atoms with Gasteiger partial charge in [-0.3, -0.25) is 19.5 Å². The van der Waals surface area contributed by atoms with Gasteiger partial charge in [0.15, 0.2) is 0 Å². The van der Waals surface area contributed by atoms with E-state index in [0.29, 0.717) is 31.0 Å². The Morgan fingerprint density at radius 3 is 2.49 bits per heavy atom. The standard InChI is InChI=1S/C45H46ClF2N9O2/c1-49-44(31-7-10-34-26-57(27-36(34)18-31)25-30-5-3-29(4-6-30)17-39-40(46)20-37(47)21-41(39)48)53-16-15-52-38(13-14-50-28-58)11-12-43(59)55-42-24-54-45(56(42)2)32-8-9-33-22-51-23-35(33)19-32/h3-11,15-16,18-21,24,28,51-52H,12-14,17,22-23,25-27H2,1-2H3,(H,49,53)(H,50,58)(H,55,59)/b16-15+,38-11+. The van der Waals surface area contributed by atoms with Crippen LogP contribution in [-0.2, 0) is 55.8 Å². The topological polar surface area (TPSA) is 128 Å². The summed E-state index contributed by atoms with van der Waals surface area (Å²) >= 11 is 6.11. The number of carbonyl (C=O) groups is 2. The summed E-state index contributed by atoms with van der Waals surface area (Å²) in [5, 5.41) is 15.6. The monoisotopic (exact) mass is 817 g/mol. The van der Waals surface area contributed by atoms with Crippen molar-refractivity contribution in [1.29, 1.82) is 0 Å². The highest BCUT2D eigenvalue weighted by atomic mass is 35.5. The van der Waals surface area contributed by atoms with Gasteiger partial charge in [-0.1, -0.05) is 66.2 Å². The van der Waals surface area contributed by atoms with Crippen LogP contribution in [0.3, 0.4) is 0 Å². The van der Waals surface area contributed by atoms with Gasteiger partial charge >= 0.3 is 0 Å². The Hall–Kier alpha value is -6.15. The maximum Gasteiger partial charge on any atom is 0.229 e. The smallest absolute Gasteiger partial charge is 0.229 e. The fourth-order valence-electron chi connectivity index (χ4n) is 7.37. The highest BCUT2D eigenvalue weighted by Crippen LogP contribution is 2.28. The van der Waals surface area contributed by atoms with Crippen LogP contribution in [0.2, 0.25) is 5.02 Å². The van der Waals surface area contributed by atoms with Crippen molar-refractivity contribution in [2.45, 2.75) is 52.0 Å². The average Bonchev–Trinajstić information content (AvgIpc) is 3.96. The zero-order valence-corrected chi connectivity index (χ0v) is 33.7. The van der Waals surface area contributed by atoms with Crippen molar-refractivity contribution in [1.82, 2.24) is 35.7 Å². The fourth-order valence-corrected chi connectivity index (χ4v) is 7.63. The predicted octanol–water partition coefficient (Wildman–Crippen LogP) is 6.80. The van der Waals surface area contributed by atoms with E-state index in [1.54, 1.807) is 31.7 Å². The molecule has 7 rings (SSSR count). The van der Waals surface area contributed by atoms with Gasteiger partial charge in [-0.15, -0.1) is 0 Å². The lowest BCUT2D eigenvalue weighted by atomic mass is 10.0. The van der Waals surface area contributed by atoms with Gasteiger partial charge in [0, 0.05) is 119 Å². The molecule has 304 valence electrons. The predicted molar refractivity (Wildman–Crippen MR) is 227 cm³/mol. The Balaban J connectivity index is 0.908. The van der Waals surface area contributed by atoms with Crippen molar-refractivity contribution in [2.75, 3.05) is 18.9 Å². The zero-order chi connectivity index (χ0) is 41.3. The molecule has 11 nitrogen and oxygen atoms in total. The Morgan fingerprint density at radius 2 is 1.69 bits per heavy atom. The number of nitrogens with one attached hydrogen (secondary N) is 5. The Bertz CT molecular complexity index is 2400. The van der Waals surface area contributed by atoms with Gasteiger partial charge in [-0.25, -0.2) is 13.8 Å². The van der Waals surface area contributed by atoms with Crippen molar-refractivity contribution in [3.05, 3.63) is 164 Å². The number of aromatic nitrogens is 2. The summed E-state index contributed by atoms with van der Waals surface area (Å²) in [6.45, 7) is 4.44. The second kappa shape index (κ2) is 19.1. The molecule has 0 aliphatic carbocycles. The van der Waals surface area contributed by atoms with E-state index >= 15 is 0 Å². The summed E-state index contributed by atoms with van der Waals surface area (Å²) in [7, 11) is 3.61. The van der Waals surface area contributed by atoms with E-state index < -0.39 is 11.6 Å². The van der Waals surface area contributed by atoms with E-state index in [-0.39, 0.29) is 29.3 Å². The number of aliphatic imine (C=N–C) groups is 1. The van der Waals surface area contributed by atoms with E-state index in [1.165, 1.54) is 22.3 Å². The van der Waals surface area contributed by atoms with Crippen LogP contribution in [0.4, 0.5) is 14.6 Å². The number of halogens is 3. The summed E-state index contributed by atoms with van der Waals surface area (Å²) in [5.41, 5.74) is 10.0. The van der Waals surface area contributed by atoms with Crippen LogP contribution < -0.4 is 26.6 Å². The first kappa shape index (κ1) is 41.0. The molecule has 0 saturated carbocycles. The number of anilines is 1. The molecule has 0 atom stereocenters. The molecule has 1 aromatic heterocycles. The van der Waals surface area contributed by atoms with Gasteiger partial charge in [0.1, 0.15) is 29.1 Å². The highest BCUT2D eigenvalue weighted by molar-refractivity contribution is 6.31. The van der Waals surface area contributed by atoms with E-state index in [4.69, 9.17) is 11.6 Å². The first-order valence-electron chi connectivity index (χ1n) is 19.4. The van der Waals surface area contributed by atoms with Crippen LogP contribution in [0.1, 0.15) is 57.3 Å². The summed E-state index contributed by atoms with van der Waals surface area (Å²) in [6.07, 6.45) is 8.48. The third-order valence-electron chi connectivity index (χ3n) is 10.5. The molecule has 0 bridgehead atoms. The number of imidazole rings is 1. The molecule has 14 heteroatoms. The minimum absolute atomic E-state index is 0.0841. The molecule has 0 radical (unpaired) electrons. The minimum Gasteiger partial charge on any atom is -0.364 e. The summed E-state index contributed by atoms with van der Waals surface area (Å²) < 4.78 is 29.7. The second-order valence-corrected chi connectivity index (χ2v) is 15.0. The van der Waals surface area contributed by atoms with Crippen LogP contribution >= 0.6 is 11.6 Å². The van der Waals surface area contributed by atoms with E-state index in [1.807, 2.05) is 35.9 Å². The number of nitrogens with zero attached hydrogens (tertiary/aromatic N) is 4. The SMILES string of the molecule is CN=C(N/C=C/N/C(=C/CC(=O)Nc1cnc(-c2ccc3c(c2)CNC3)n1C)CCNC=O)c1ccc2c(c1)CN(Cc1ccc(Cc3c(F)cc(F)cc3Cl)cc1)C2. The Kier molecular flexibility index (Phi) is 13.3. The molecule has 5 N–H and O–H groups in total. The van der Waals surface area contributed by atoms with Gasteiger partial charge in [0.05, 0.1) is 6.20 Å². The molecule has 2 aliphatic heterocycles. The number of benzene rings is 4. The number of carbonyl (C=O) groups excluding carboxylic acids is 2. The molecule has 4 aromatic carbocycles. The number of rotatable bonds is 16. The molecule has 2 aliphatic rings. The van der Waals surface area contributed by atoms with Crippen molar-refractivity contribution >= 4 is 35.6 Å². The van der Waals surface area contributed by atoms with Crippen molar-refractivity contribution in [2.24, 2.45) is 12.0 Å². The normalized spacial score (nSPS) is 14.1. The van der Waals surface area contributed by atoms with Crippen molar-refractivity contribution in [3.63, 3.8) is 0 Å². The van der Waals surface area contributed by atoms with Gasteiger partial charge in [0.2, 0.25) is 12.3 Å². The lowest BCUT2D eigenvalue weighted by Crippen LogP contribution is -2.21. The minimum atomic E-state index is -0.690. The van der Waals surface area contributed by atoms with Crippen molar-refractivity contribution < 1.29 is 18.4 Å². The second-order valence-electron chi connectivity index (χ2n) is 14.6. The molecule has 2 amide bonds. The van der Waals surface area contributed by atoms with Crippen LogP contribution in [-0.4, -0.2) is 46.2 Å². The summed E-state index contributed by atoms with van der Waals surface area (Å²) in [4.78, 5) is 35.4. The van der Waals surface area contributed by atoms with Crippen LogP contribution in [0.5, 0.6) is 0 Å². The van der Waals surface area contributed by atoms with Gasteiger partial charge < -0.3 is 31.2 Å². The lowest BCUT2D eigenvalue weighted by Gasteiger charge is -2.15. The highest BCUT2D eigenvalue weighted by Gasteiger charge is 2.21. The van der Waals surface area contributed by atoms with Crippen LogP contribution in [0, 0.1) is 11.6 Å². The fraction of sp³-hybridized carbons (Fsp3) is 0.244. The molecular formula is C45H46ClF2N9O2. The maximum atomic E-state index is 14.3. The molecule has 0 saturated heterocycles. The van der Waals surface area contributed by atoms with E-state index in [0.717, 1.165) is 78.6 Å². The van der Waals surface area contributed by atoms with Crippen LogP contribution in [0.25, 0.3) is 11.4 Å². The molecule has 0 fully saturated rings. The first-order chi connectivity index (χ1) is 28.7. The van der Waals surface area contributed by atoms with Gasteiger partial charge in [-0.05, 0) is 51.6 Å². The average molecular weight is 818 g/mol. The third kappa shape index (κ3) is 10.3. The molecule has 0 unspecified atom stereocenters. The molecule has 5 aromatic rings. The number of amides is 2. The molecular weight excluding hydrogens is 772 g/mol. The number of fused-ring (bicyclic) bond motifs is 2. The quantitative estimate of drug-likeness (QED) is 0.0321. The van der Waals surface area contributed by atoms with Gasteiger partial charge in [-0.2, -0.15) is 0 Å². The van der Waals surface area contributed by atoms with Crippen molar-refractivity contribution in [3.8, 4) is 11.4 Å². The summed E-state index contributed by atoms with van der Waals surface area (Å²) in [6, 6.07) is 22.6. The number of amidine groups is 1.